The van der Waals surface area contributed by atoms with Crippen LogP contribution in [0, 0.1) is 53.4 Å². The highest BCUT2D eigenvalue weighted by molar-refractivity contribution is 6.96. The number of fused-ring (bicyclic) bond motifs is 1. The number of para-hydroxylation sites is 1. The molecule has 0 saturated carbocycles. The number of hydrogen-bond donors (Lipinski definition) is 0. The maximum Gasteiger partial charge on any atom is 0.242 e. The first-order valence-corrected chi connectivity index (χ1v) is 13.0. The molecular weight excluding hydrogens is 445 g/mol. The SMILES string of the molecule is Cc1cc(C)c(B(c2ccc(C#Cc3cc4ccccc4n3C)cc2)c2c(C)cc(C)cc2C)c(C)c1. The van der Waals surface area contributed by atoms with E-state index in [0.29, 0.717) is 0 Å². The third kappa shape index (κ3) is 4.75. The van der Waals surface area contributed by atoms with Crippen LogP contribution >= 0.6 is 0 Å². The molecule has 5 aromatic rings. The van der Waals surface area contributed by atoms with Gasteiger partial charge in [0.15, 0.2) is 0 Å². The first-order chi connectivity index (χ1) is 17.7. The van der Waals surface area contributed by atoms with E-state index in [1.165, 1.54) is 60.7 Å². The van der Waals surface area contributed by atoms with E-state index in [0.717, 1.165) is 11.3 Å². The van der Waals surface area contributed by atoms with E-state index in [-0.39, 0.29) is 6.71 Å². The van der Waals surface area contributed by atoms with Crippen LogP contribution in [0.3, 0.4) is 0 Å². The second-order valence-electron chi connectivity index (χ2n) is 10.6. The van der Waals surface area contributed by atoms with E-state index < -0.39 is 0 Å². The Labute approximate surface area is 222 Å². The second-order valence-corrected chi connectivity index (χ2v) is 10.6. The molecule has 0 fully saturated rings. The molecule has 0 aliphatic carbocycles. The van der Waals surface area contributed by atoms with Gasteiger partial charge in [0, 0.05) is 23.5 Å². The Balaban J connectivity index is 1.59. The van der Waals surface area contributed by atoms with Crippen LogP contribution in [0.15, 0.2) is 78.9 Å². The molecule has 0 atom stereocenters. The topological polar surface area (TPSA) is 4.93 Å². The molecule has 0 unspecified atom stereocenters. The zero-order valence-corrected chi connectivity index (χ0v) is 23.0. The lowest BCUT2D eigenvalue weighted by Gasteiger charge is -2.24. The Kier molecular flexibility index (Phi) is 6.57. The van der Waals surface area contributed by atoms with Gasteiger partial charge in [-0.1, -0.05) is 110 Å². The molecule has 2 heteroatoms. The van der Waals surface area contributed by atoms with Crippen LogP contribution in [-0.2, 0) is 7.05 Å². The van der Waals surface area contributed by atoms with E-state index in [1.807, 2.05) is 0 Å². The zero-order chi connectivity index (χ0) is 26.3. The van der Waals surface area contributed by atoms with Crippen molar-refractivity contribution < 1.29 is 0 Å². The molecule has 0 amide bonds. The van der Waals surface area contributed by atoms with Crippen molar-refractivity contribution in [2.24, 2.45) is 7.05 Å². The molecule has 37 heavy (non-hydrogen) atoms. The normalized spacial score (nSPS) is 10.9. The largest absolute Gasteiger partial charge is 0.337 e. The van der Waals surface area contributed by atoms with E-state index >= 15 is 0 Å². The Morgan fingerprint density at radius 3 is 1.62 bits per heavy atom. The minimum atomic E-state index is 0.182. The van der Waals surface area contributed by atoms with Crippen LogP contribution in [0.1, 0.15) is 44.6 Å². The minimum absolute atomic E-state index is 0.182. The molecule has 0 saturated heterocycles. The van der Waals surface area contributed by atoms with Crippen LogP contribution in [0.2, 0.25) is 0 Å². The predicted molar refractivity (Wildman–Crippen MR) is 161 cm³/mol. The Hall–Kier alpha value is -3.96. The summed E-state index contributed by atoms with van der Waals surface area (Å²) in [6.45, 7) is 13.6. The fourth-order valence-electron chi connectivity index (χ4n) is 6.07. The maximum atomic E-state index is 3.40. The van der Waals surface area contributed by atoms with Crippen LogP contribution in [0.5, 0.6) is 0 Å². The lowest BCUT2D eigenvalue weighted by Crippen LogP contribution is -2.55. The maximum absolute atomic E-state index is 3.40. The smallest absolute Gasteiger partial charge is 0.242 e. The Bertz CT molecular complexity index is 1590. The van der Waals surface area contributed by atoms with Gasteiger partial charge in [0.2, 0.25) is 6.71 Å². The molecule has 0 aliphatic heterocycles. The molecule has 1 aromatic heterocycles. The van der Waals surface area contributed by atoms with Crippen molar-refractivity contribution in [3.05, 3.63) is 124 Å². The summed E-state index contributed by atoms with van der Waals surface area (Å²) >= 11 is 0. The van der Waals surface area contributed by atoms with Crippen LogP contribution in [-0.4, -0.2) is 11.3 Å². The Morgan fingerprint density at radius 2 is 1.11 bits per heavy atom. The average molecular weight is 479 g/mol. The highest BCUT2D eigenvalue weighted by Gasteiger charge is 2.28. The van der Waals surface area contributed by atoms with Crippen molar-refractivity contribution in [3.8, 4) is 11.8 Å². The second kappa shape index (κ2) is 9.83. The number of rotatable bonds is 3. The quantitative estimate of drug-likeness (QED) is 0.223. The van der Waals surface area contributed by atoms with Crippen LogP contribution in [0.25, 0.3) is 10.9 Å². The molecule has 0 radical (unpaired) electrons. The number of benzene rings is 4. The van der Waals surface area contributed by atoms with E-state index in [9.17, 15) is 0 Å². The minimum Gasteiger partial charge on any atom is -0.337 e. The summed E-state index contributed by atoms with van der Waals surface area (Å²) in [6, 6.07) is 28.8. The van der Waals surface area contributed by atoms with Gasteiger partial charge >= 0.3 is 0 Å². The van der Waals surface area contributed by atoms with Crippen LogP contribution < -0.4 is 16.4 Å². The van der Waals surface area contributed by atoms with E-state index in [4.69, 9.17) is 0 Å². The lowest BCUT2D eigenvalue weighted by atomic mass is 9.34. The van der Waals surface area contributed by atoms with Crippen molar-refractivity contribution in [2.75, 3.05) is 0 Å². The molecule has 1 nitrogen and oxygen atoms in total. The van der Waals surface area contributed by atoms with Gasteiger partial charge < -0.3 is 4.57 Å². The molecule has 0 bridgehead atoms. The number of hydrogen-bond acceptors (Lipinski definition) is 0. The van der Waals surface area contributed by atoms with E-state index in [1.54, 1.807) is 0 Å². The third-order valence-corrected chi connectivity index (χ3v) is 7.58. The third-order valence-electron chi connectivity index (χ3n) is 7.58. The van der Waals surface area contributed by atoms with Crippen molar-refractivity contribution in [2.45, 2.75) is 41.5 Å². The Morgan fingerprint density at radius 1 is 0.595 bits per heavy atom. The highest BCUT2D eigenvalue weighted by atomic mass is 14.9. The molecule has 0 aliphatic rings. The van der Waals surface area contributed by atoms with Gasteiger partial charge in [0.25, 0.3) is 0 Å². The van der Waals surface area contributed by atoms with Gasteiger partial charge in [0.05, 0.1) is 5.69 Å². The first kappa shape index (κ1) is 24.7. The molecule has 0 N–H and O–H groups in total. The summed E-state index contributed by atoms with van der Waals surface area (Å²) in [6.07, 6.45) is 0. The fraction of sp³-hybridized carbons (Fsp3) is 0.200. The van der Waals surface area contributed by atoms with Crippen LogP contribution in [0.4, 0.5) is 0 Å². The summed E-state index contributed by atoms with van der Waals surface area (Å²) < 4.78 is 2.17. The molecule has 182 valence electrons. The summed E-state index contributed by atoms with van der Waals surface area (Å²) in [7, 11) is 2.08. The number of aromatic nitrogens is 1. The summed E-state index contributed by atoms with van der Waals surface area (Å²) in [4.78, 5) is 0. The standard InChI is InChI=1S/C35H34BN/c1-23-18-25(3)34(26(4)19-23)36(35-27(5)20-24(2)21-28(35)6)31-15-12-29(13-16-31)14-17-32-22-30-10-8-9-11-33(30)37(32)7/h8-13,15-16,18-22H,1-7H3. The first-order valence-electron chi connectivity index (χ1n) is 13.0. The molecule has 1 heterocycles. The van der Waals surface area contributed by atoms with Gasteiger partial charge in [-0.25, -0.2) is 0 Å². The molecule has 0 spiro atoms. The molecule has 5 rings (SSSR count). The van der Waals surface area contributed by atoms with Gasteiger partial charge in [-0.15, -0.1) is 0 Å². The molecule has 4 aromatic carbocycles. The zero-order valence-electron chi connectivity index (χ0n) is 23.0. The number of nitrogens with zero attached hydrogens (tertiary/aromatic N) is 1. The number of aryl methyl sites for hydroxylation is 7. The fourth-order valence-corrected chi connectivity index (χ4v) is 6.07. The predicted octanol–water partition coefficient (Wildman–Crippen LogP) is 5.94. The monoisotopic (exact) mass is 479 g/mol. The van der Waals surface area contributed by atoms with Gasteiger partial charge in [-0.2, -0.15) is 0 Å². The van der Waals surface area contributed by atoms with Crippen molar-refractivity contribution in [3.63, 3.8) is 0 Å². The van der Waals surface area contributed by atoms with Crippen molar-refractivity contribution in [1.82, 2.24) is 4.57 Å². The van der Waals surface area contributed by atoms with E-state index in [2.05, 4.69) is 144 Å². The van der Waals surface area contributed by atoms with Gasteiger partial charge in [-0.05, 0) is 71.7 Å². The highest BCUT2D eigenvalue weighted by Crippen LogP contribution is 2.18. The average Bonchev–Trinajstić information content (AvgIpc) is 3.16. The lowest BCUT2D eigenvalue weighted by molar-refractivity contribution is 0.951. The van der Waals surface area contributed by atoms with Crippen molar-refractivity contribution >= 4 is 34.0 Å². The van der Waals surface area contributed by atoms with Crippen molar-refractivity contribution in [1.29, 1.82) is 0 Å². The summed E-state index contributed by atoms with van der Waals surface area (Å²) in [5.41, 5.74) is 15.4. The van der Waals surface area contributed by atoms with Gasteiger partial charge in [0.1, 0.15) is 0 Å². The molecular formula is C35H34BN. The summed E-state index contributed by atoms with van der Waals surface area (Å²) in [5, 5.41) is 1.22. The summed E-state index contributed by atoms with van der Waals surface area (Å²) in [5.74, 6) is 6.79. The van der Waals surface area contributed by atoms with Gasteiger partial charge in [-0.3, -0.25) is 0 Å².